The fraction of sp³-hybridized carbons (Fsp3) is 0.200. The molecule has 0 spiro atoms. The zero-order chi connectivity index (χ0) is 17.6. The van der Waals surface area contributed by atoms with Gasteiger partial charge in [0.05, 0.1) is 23.5 Å². The molecule has 1 aromatic heterocycles. The van der Waals surface area contributed by atoms with Gasteiger partial charge in [0.15, 0.2) is 0 Å². The van der Waals surface area contributed by atoms with Crippen LogP contribution in [0.25, 0.3) is 17.1 Å². The van der Waals surface area contributed by atoms with Gasteiger partial charge in [-0.15, -0.1) is 0 Å². The molecule has 24 heavy (non-hydrogen) atoms. The van der Waals surface area contributed by atoms with Gasteiger partial charge in [0.1, 0.15) is 5.70 Å². The van der Waals surface area contributed by atoms with Gasteiger partial charge in [0.25, 0.3) is 5.91 Å². The number of carbonyl (C=O) groups is 3. The van der Waals surface area contributed by atoms with Gasteiger partial charge in [-0.2, -0.15) is 0 Å². The first-order valence-corrected chi connectivity index (χ1v) is 6.99. The van der Waals surface area contributed by atoms with Crippen molar-refractivity contribution in [2.45, 2.75) is 0 Å². The summed E-state index contributed by atoms with van der Waals surface area (Å²) in [4.78, 5) is 46.8. The van der Waals surface area contributed by atoms with E-state index in [1.54, 1.807) is 32.3 Å². The van der Waals surface area contributed by atoms with Crippen LogP contribution in [-0.4, -0.2) is 38.5 Å². The fourth-order valence-electron chi connectivity index (χ4n) is 2.62. The Morgan fingerprint density at radius 2 is 1.83 bits per heavy atom. The molecule has 2 aromatic rings. The molecule has 0 unspecified atom stereocenters. The fourth-order valence-corrected chi connectivity index (χ4v) is 2.62. The van der Waals surface area contributed by atoms with Crippen LogP contribution in [0.15, 0.2) is 28.7 Å². The third kappa shape index (κ3) is 2.35. The van der Waals surface area contributed by atoms with Crippen molar-refractivity contribution in [3.8, 4) is 0 Å². The third-order valence-corrected chi connectivity index (χ3v) is 3.86. The first kappa shape index (κ1) is 15.5. The Morgan fingerprint density at radius 1 is 1.17 bits per heavy atom. The van der Waals surface area contributed by atoms with Gasteiger partial charge < -0.3 is 15.2 Å². The smallest absolute Gasteiger partial charge is 0.329 e. The molecule has 0 aliphatic carbocycles. The van der Waals surface area contributed by atoms with Crippen molar-refractivity contribution in [2.75, 3.05) is 6.54 Å². The first-order chi connectivity index (χ1) is 11.3. The number of imide groups is 1. The summed E-state index contributed by atoms with van der Waals surface area (Å²) in [7, 11) is 3.28. The third-order valence-electron chi connectivity index (χ3n) is 3.86. The molecule has 9 heteroatoms. The van der Waals surface area contributed by atoms with Gasteiger partial charge in [-0.05, 0) is 23.8 Å². The van der Waals surface area contributed by atoms with E-state index in [2.05, 4.69) is 5.32 Å². The Hall–Kier alpha value is -3.36. The molecular formula is C15H13N4O5-. The molecule has 1 aliphatic rings. The Balaban J connectivity index is 2.00. The summed E-state index contributed by atoms with van der Waals surface area (Å²) in [6.07, 6.45) is 1.42. The largest absolute Gasteiger partial charge is 0.548 e. The summed E-state index contributed by atoms with van der Waals surface area (Å²) < 4.78 is 2.96. The van der Waals surface area contributed by atoms with Crippen LogP contribution in [0.4, 0.5) is 4.79 Å². The quantitative estimate of drug-likeness (QED) is 0.544. The maximum atomic E-state index is 12.1. The van der Waals surface area contributed by atoms with E-state index in [9.17, 15) is 24.3 Å². The minimum Gasteiger partial charge on any atom is -0.548 e. The highest BCUT2D eigenvalue weighted by molar-refractivity contribution is 6.15. The van der Waals surface area contributed by atoms with E-state index < -0.39 is 24.5 Å². The monoisotopic (exact) mass is 329 g/mol. The maximum absolute atomic E-state index is 12.1. The van der Waals surface area contributed by atoms with Crippen molar-refractivity contribution < 1.29 is 19.5 Å². The molecule has 2 heterocycles. The number of benzene rings is 1. The molecule has 1 aromatic carbocycles. The van der Waals surface area contributed by atoms with Gasteiger partial charge in [-0.1, -0.05) is 6.07 Å². The van der Waals surface area contributed by atoms with Crippen molar-refractivity contribution in [1.82, 2.24) is 19.4 Å². The SMILES string of the molecule is Cn1c(=O)n(C)c2cc(/C=C3/NC(=O)N(CC(=O)[O-])C3=O)ccc21. The summed E-state index contributed by atoms with van der Waals surface area (Å²) in [6.45, 7) is -0.811. The lowest BCUT2D eigenvalue weighted by Gasteiger charge is -2.11. The Bertz CT molecular complexity index is 982. The van der Waals surface area contributed by atoms with Crippen molar-refractivity contribution in [3.05, 3.63) is 39.9 Å². The number of rotatable bonds is 3. The van der Waals surface area contributed by atoms with Gasteiger partial charge in [0.2, 0.25) is 0 Å². The molecule has 124 valence electrons. The lowest BCUT2D eigenvalue weighted by molar-refractivity contribution is -0.305. The van der Waals surface area contributed by atoms with Gasteiger partial charge in [-0.3, -0.25) is 18.8 Å². The molecule has 9 nitrogen and oxygen atoms in total. The Kier molecular flexibility index (Phi) is 3.48. The summed E-state index contributed by atoms with van der Waals surface area (Å²) in [5.41, 5.74) is 1.76. The van der Waals surface area contributed by atoms with Crippen molar-refractivity contribution in [2.24, 2.45) is 14.1 Å². The number of aromatic nitrogens is 2. The Morgan fingerprint density at radius 3 is 2.50 bits per heavy atom. The zero-order valence-corrected chi connectivity index (χ0v) is 12.9. The first-order valence-electron chi connectivity index (χ1n) is 6.99. The average Bonchev–Trinajstić information content (AvgIpc) is 2.90. The minimum absolute atomic E-state index is 0.0402. The van der Waals surface area contributed by atoms with E-state index in [0.29, 0.717) is 16.0 Å². The van der Waals surface area contributed by atoms with Crippen molar-refractivity contribution in [3.63, 3.8) is 0 Å². The summed E-state index contributed by atoms with van der Waals surface area (Å²) >= 11 is 0. The van der Waals surface area contributed by atoms with Crippen LogP contribution in [0.5, 0.6) is 0 Å². The van der Waals surface area contributed by atoms with Crippen LogP contribution < -0.4 is 16.1 Å². The highest BCUT2D eigenvalue weighted by Crippen LogP contribution is 2.18. The second-order valence-corrected chi connectivity index (χ2v) is 5.40. The highest BCUT2D eigenvalue weighted by atomic mass is 16.4. The van der Waals surface area contributed by atoms with Crippen LogP contribution in [0, 0.1) is 0 Å². The van der Waals surface area contributed by atoms with Gasteiger partial charge in [0, 0.05) is 14.1 Å². The number of hydrogen-bond acceptors (Lipinski definition) is 5. The van der Waals surface area contributed by atoms with E-state index in [1.807, 2.05) is 0 Å². The van der Waals surface area contributed by atoms with Crippen LogP contribution in [0.3, 0.4) is 0 Å². The number of aliphatic carboxylic acids is 1. The second-order valence-electron chi connectivity index (χ2n) is 5.40. The molecule has 0 bridgehead atoms. The predicted molar refractivity (Wildman–Crippen MR) is 81.4 cm³/mol. The molecule has 3 amide bonds. The topological polar surface area (TPSA) is 116 Å². The molecule has 0 radical (unpaired) electrons. The molecule has 0 atom stereocenters. The number of urea groups is 1. The molecule has 1 fully saturated rings. The molecule has 0 saturated carbocycles. The van der Waals surface area contributed by atoms with E-state index >= 15 is 0 Å². The van der Waals surface area contributed by atoms with E-state index in [-0.39, 0.29) is 11.4 Å². The predicted octanol–water partition coefficient (Wildman–Crippen LogP) is -1.48. The molecule has 1 N–H and O–H groups in total. The zero-order valence-electron chi connectivity index (χ0n) is 12.9. The number of hydrogen-bond donors (Lipinski definition) is 1. The standard InChI is InChI=1S/C15H14N4O5/c1-17-10-4-3-8(6-11(10)18(2)15(17)24)5-9-13(22)19(7-12(20)21)14(23)16-9/h3-6H,7H2,1-2H3,(H,16,23)(H,20,21)/p-1/b9-5+. The molecule has 3 rings (SSSR count). The maximum Gasteiger partial charge on any atom is 0.329 e. The number of carbonyl (C=O) groups excluding carboxylic acids is 3. The summed E-state index contributed by atoms with van der Waals surface area (Å²) in [6, 6.07) is 4.30. The number of nitrogens with zero attached hydrogens (tertiary/aromatic N) is 3. The number of amides is 3. The van der Waals surface area contributed by atoms with Crippen molar-refractivity contribution in [1.29, 1.82) is 0 Å². The molecular weight excluding hydrogens is 316 g/mol. The molecule has 1 saturated heterocycles. The number of imidazole rings is 1. The van der Waals surface area contributed by atoms with Crippen LogP contribution in [-0.2, 0) is 23.7 Å². The lowest BCUT2D eigenvalue weighted by Crippen LogP contribution is -2.41. The number of nitrogens with one attached hydrogen (secondary N) is 1. The van der Waals surface area contributed by atoms with E-state index in [0.717, 1.165) is 5.52 Å². The van der Waals surface area contributed by atoms with Gasteiger partial charge >= 0.3 is 11.7 Å². The van der Waals surface area contributed by atoms with Crippen molar-refractivity contribution >= 4 is 35.0 Å². The number of fused-ring (bicyclic) bond motifs is 1. The Labute approximate surface area is 135 Å². The number of carboxylic acid groups (broad SMARTS) is 1. The highest BCUT2D eigenvalue weighted by Gasteiger charge is 2.33. The van der Waals surface area contributed by atoms with Crippen LogP contribution in [0.1, 0.15) is 5.56 Å². The summed E-state index contributed by atoms with van der Waals surface area (Å²) in [5, 5.41) is 12.9. The normalized spacial score (nSPS) is 16.2. The lowest BCUT2D eigenvalue weighted by atomic mass is 10.1. The second kappa shape index (κ2) is 5.37. The summed E-state index contributed by atoms with van der Waals surface area (Å²) in [5.74, 6) is -2.27. The molecule has 1 aliphatic heterocycles. The number of aryl methyl sites for hydroxylation is 2. The average molecular weight is 329 g/mol. The minimum atomic E-state index is -1.53. The van der Waals surface area contributed by atoms with Crippen LogP contribution >= 0.6 is 0 Å². The van der Waals surface area contributed by atoms with Gasteiger partial charge in [-0.25, -0.2) is 9.59 Å². The van der Waals surface area contributed by atoms with E-state index in [1.165, 1.54) is 15.2 Å². The van der Waals surface area contributed by atoms with E-state index in [4.69, 9.17) is 0 Å². The van der Waals surface area contributed by atoms with Crippen LogP contribution in [0.2, 0.25) is 0 Å². The number of carboxylic acids is 1.